The molecule has 0 fully saturated rings. The number of anilines is 1. The van der Waals surface area contributed by atoms with Crippen molar-refractivity contribution in [2.24, 2.45) is 0 Å². The molecule has 4 heteroatoms. The molecule has 0 saturated heterocycles. The van der Waals surface area contributed by atoms with Crippen LogP contribution in [0.1, 0.15) is 16.7 Å². The minimum Gasteiger partial charge on any atom is -0.496 e. The van der Waals surface area contributed by atoms with E-state index in [1.54, 1.807) is 21.3 Å². The van der Waals surface area contributed by atoms with Gasteiger partial charge in [0, 0.05) is 31.4 Å². The Hall–Kier alpha value is -2.36. The maximum atomic E-state index is 5.54. The zero-order chi connectivity index (χ0) is 17.0. The van der Waals surface area contributed by atoms with Crippen LogP contribution in [0.2, 0.25) is 0 Å². The summed E-state index contributed by atoms with van der Waals surface area (Å²) in [6, 6.07) is 10.1. The second-order valence-corrected chi connectivity index (χ2v) is 5.61. The molecular formula is C19H25NO3. The van der Waals surface area contributed by atoms with E-state index in [4.69, 9.17) is 14.2 Å². The van der Waals surface area contributed by atoms with Gasteiger partial charge in [0.15, 0.2) is 0 Å². The van der Waals surface area contributed by atoms with Gasteiger partial charge in [-0.05, 0) is 25.0 Å². The summed E-state index contributed by atoms with van der Waals surface area (Å²) in [6.07, 6.45) is 0. The van der Waals surface area contributed by atoms with Gasteiger partial charge < -0.3 is 19.1 Å². The van der Waals surface area contributed by atoms with E-state index in [-0.39, 0.29) is 0 Å². The molecule has 0 spiro atoms. The molecule has 4 nitrogen and oxygen atoms in total. The molecule has 2 rings (SSSR count). The largest absolute Gasteiger partial charge is 0.496 e. The predicted molar refractivity (Wildman–Crippen MR) is 94.1 cm³/mol. The first kappa shape index (κ1) is 17.0. The normalized spacial score (nSPS) is 10.3. The first-order valence-electron chi connectivity index (χ1n) is 7.58. The number of nitrogens with zero attached hydrogens (tertiary/aromatic N) is 1. The lowest BCUT2D eigenvalue weighted by Crippen LogP contribution is -2.19. The molecule has 0 amide bonds. The number of benzene rings is 2. The highest BCUT2D eigenvalue weighted by Crippen LogP contribution is 2.36. The third kappa shape index (κ3) is 3.52. The Morgan fingerprint density at radius 3 is 1.83 bits per heavy atom. The first-order chi connectivity index (χ1) is 11.0. The zero-order valence-electron chi connectivity index (χ0n) is 14.8. The monoisotopic (exact) mass is 315 g/mol. The lowest BCUT2D eigenvalue weighted by Gasteiger charge is -2.25. The Balaban J connectivity index is 2.42. The van der Waals surface area contributed by atoms with Crippen molar-refractivity contribution in [3.63, 3.8) is 0 Å². The fourth-order valence-corrected chi connectivity index (χ4v) is 2.96. The van der Waals surface area contributed by atoms with Gasteiger partial charge in [0.05, 0.1) is 26.9 Å². The number of hydrogen-bond donors (Lipinski definition) is 0. The second kappa shape index (κ2) is 7.27. The predicted octanol–water partition coefficient (Wildman–Crippen LogP) is 3.97. The topological polar surface area (TPSA) is 30.9 Å². The smallest absolute Gasteiger partial charge is 0.131 e. The maximum Gasteiger partial charge on any atom is 0.131 e. The summed E-state index contributed by atoms with van der Waals surface area (Å²) in [7, 11) is 7.04. The van der Waals surface area contributed by atoms with E-state index < -0.39 is 0 Å². The highest BCUT2D eigenvalue weighted by molar-refractivity contribution is 5.60. The van der Waals surface area contributed by atoms with Crippen LogP contribution in [0.5, 0.6) is 17.2 Å². The lowest BCUT2D eigenvalue weighted by atomic mass is 10.1. The average molecular weight is 315 g/mol. The van der Waals surface area contributed by atoms with Crippen molar-refractivity contribution < 1.29 is 14.2 Å². The first-order valence-corrected chi connectivity index (χ1v) is 7.58. The molecule has 0 aromatic heterocycles. The highest BCUT2D eigenvalue weighted by atomic mass is 16.5. The van der Waals surface area contributed by atoms with Gasteiger partial charge >= 0.3 is 0 Å². The number of aryl methyl sites for hydroxylation is 2. The van der Waals surface area contributed by atoms with E-state index in [9.17, 15) is 0 Å². The summed E-state index contributed by atoms with van der Waals surface area (Å²) in [4.78, 5) is 2.22. The van der Waals surface area contributed by atoms with Crippen LogP contribution in [-0.2, 0) is 6.54 Å². The summed E-state index contributed by atoms with van der Waals surface area (Å²) < 4.78 is 16.4. The Morgan fingerprint density at radius 2 is 1.39 bits per heavy atom. The van der Waals surface area contributed by atoms with Crippen LogP contribution in [0.25, 0.3) is 0 Å². The fourth-order valence-electron chi connectivity index (χ4n) is 2.96. The molecule has 0 bridgehead atoms. The Bertz CT molecular complexity index is 637. The molecule has 0 aliphatic heterocycles. The molecule has 0 unspecified atom stereocenters. The van der Waals surface area contributed by atoms with Gasteiger partial charge in [0.1, 0.15) is 17.2 Å². The number of rotatable bonds is 6. The molecule has 2 aromatic rings. The molecule has 0 radical (unpaired) electrons. The van der Waals surface area contributed by atoms with Crippen LogP contribution in [0.3, 0.4) is 0 Å². The molecule has 0 saturated carbocycles. The number of para-hydroxylation sites is 1. The van der Waals surface area contributed by atoms with Crippen LogP contribution in [0.4, 0.5) is 5.69 Å². The van der Waals surface area contributed by atoms with Crippen LogP contribution in [0, 0.1) is 13.8 Å². The summed E-state index contributed by atoms with van der Waals surface area (Å²) in [6.45, 7) is 4.94. The molecule has 23 heavy (non-hydrogen) atoms. The van der Waals surface area contributed by atoms with Crippen LogP contribution >= 0.6 is 0 Å². The van der Waals surface area contributed by atoms with Crippen LogP contribution < -0.4 is 19.1 Å². The van der Waals surface area contributed by atoms with E-state index in [2.05, 4.69) is 44.0 Å². The quantitative estimate of drug-likeness (QED) is 0.807. The molecule has 124 valence electrons. The van der Waals surface area contributed by atoms with E-state index in [1.807, 2.05) is 12.1 Å². The molecule has 2 aromatic carbocycles. The van der Waals surface area contributed by atoms with Crippen LogP contribution in [-0.4, -0.2) is 28.4 Å². The van der Waals surface area contributed by atoms with Crippen molar-refractivity contribution >= 4 is 5.69 Å². The van der Waals surface area contributed by atoms with Crippen molar-refractivity contribution in [1.29, 1.82) is 0 Å². The maximum absolute atomic E-state index is 5.54. The Morgan fingerprint density at radius 1 is 0.870 bits per heavy atom. The molecule has 0 aliphatic rings. The third-order valence-corrected chi connectivity index (χ3v) is 4.03. The molecule has 0 N–H and O–H groups in total. The number of ether oxygens (including phenoxy) is 3. The van der Waals surface area contributed by atoms with Crippen molar-refractivity contribution in [2.75, 3.05) is 33.3 Å². The third-order valence-electron chi connectivity index (χ3n) is 4.03. The SMILES string of the molecule is COc1cc(OC)c(CN(C)c2c(C)cccc2C)c(OC)c1. The summed E-state index contributed by atoms with van der Waals surface area (Å²) in [5, 5.41) is 0. The lowest BCUT2D eigenvalue weighted by molar-refractivity contribution is 0.368. The summed E-state index contributed by atoms with van der Waals surface area (Å²) in [5.74, 6) is 2.25. The van der Waals surface area contributed by atoms with Crippen molar-refractivity contribution in [3.05, 3.63) is 47.0 Å². The summed E-state index contributed by atoms with van der Waals surface area (Å²) in [5.41, 5.74) is 4.73. The number of hydrogen-bond acceptors (Lipinski definition) is 4. The van der Waals surface area contributed by atoms with Crippen LogP contribution in [0.15, 0.2) is 30.3 Å². The molecule has 0 heterocycles. The molecular weight excluding hydrogens is 290 g/mol. The average Bonchev–Trinajstić information content (AvgIpc) is 2.54. The zero-order valence-corrected chi connectivity index (χ0v) is 14.8. The number of methoxy groups -OCH3 is 3. The van der Waals surface area contributed by atoms with Gasteiger partial charge in [-0.25, -0.2) is 0 Å². The van der Waals surface area contributed by atoms with Crippen molar-refractivity contribution in [1.82, 2.24) is 0 Å². The second-order valence-electron chi connectivity index (χ2n) is 5.61. The van der Waals surface area contributed by atoms with Gasteiger partial charge in [0.25, 0.3) is 0 Å². The minimum atomic E-state index is 0.683. The fraction of sp³-hybridized carbons (Fsp3) is 0.368. The van der Waals surface area contributed by atoms with E-state index in [1.165, 1.54) is 16.8 Å². The van der Waals surface area contributed by atoms with E-state index in [0.717, 1.165) is 22.8 Å². The molecule has 0 aliphatic carbocycles. The standard InChI is InChI=1S/C19H25NO3/c1-13-8-7-9-14(2)19(13)20(3)12-16-17(22-5)10-15(21-4)11-18(16)23-6/h7-11H,12H2,1-6H3. The van der Waals surface area contributed by atoms with Crippen molar-refractivity contribution in [3.8, 4) is 17.2 Å². The Labute approximate surface area is 138 Å². The minimum absolute atomic E-state index is 0.683. The Kier molecular flexibility index (Phi) is 5.37. The van der Waals surface area contributed by atoms with Gasteiger partial charge in [-0.3, -0.25) is 0 Å². The van der Waals surface area contributed by atoms with Gasteiger partial charge in [-0.1, -0.05) is 18.2 Å². The molecule has 0 atom stereocenters. The van der Waals surface area contributed by atoms with E-state index >= 15 is 0 Å². The van der Waals surface area contributed by atoms with Crippen molar-refractivity contribution in [2.45, 2.75) is 20.4 Å². The van der Waals surface area contributed by atoms with E-state index in [0.29, 0.717) is 6.54 Å². The van der Waals surface area contributed by atoms with Gasteiger partial charge in [-0.15, -0.1) is 0 Å². The summed E-state index contributed by atoms with van der Waals surface area (Å²) >= 11 is 0. The van der Waals surface area contributed by atoms with Gasteiger partial charge in [0.2, 0.25) is 0 Å². The van der Waals surface area contributed by atoms with Gasteiger partial charge in [-0.2, -0.15) is 0 Å². The highest BCUT2D eigenvalue weighted by Gasteiger charge is 2.17.